The Morgan fingerprint density at radius 2 is 1.86 bits per heavy atom. The fraction of sp³-hybridized carbons (Fsp3) is 0.667. The Balaban J connectivity index is 0.00000280. The summed E-state index contributed by atoms with van der Waals surface area (Å²) in [6, 6.07) is 9.00. The highest BCUT2D eigenvalue weighted by atomic mass is 127. The third-order valence-electron chi connectivity index (χ3n) is 5.49. The highest BCUT2D eigenvalue weighted by Gasteiger charge is 2.33. The van der Waals surface area contributed by atoms with E-state index in [0.29, 0.717) is 6.04 Å². The van der Waals surface area contributed by atoms with Gasteiger partial charge < -0.3 is 20.3 Å². The minimum Gasteiger partial charge on any atom is -0.497 e. The Kier molecular flexibility index (Phi) is 9.64. The quantitative estimate of drug-likeness (QED) is 0.249. The second-order valence-corrected chi connectivity index (χ2v) is 7.60. The van der Waals surface area contributed by atoms with Gasteiger partial charge in [0, 0.05) is 57.5 Å². The van der Waals surface area contributed by atoms with Crippen molar-refractivity contribution in [1.82, 2.24) is 15.5 Å². The lowest BCUT2D eigenvalue weighted by Gasteiger charge is -2.36. The van der Waals surface area contributed by atoms with Crippen LogP contribution in [0.1, 0.15) is 26.7 Å². The maximum atomic E-state index is 5.24. The Bertz CT molecular complexity index is 601. The fourth-order valence-electron chi connectivity index (χ4n) is 3.53. The van der Waals surface area contributed by atoms with E-state index in [1.807, 2.05) is 12.1 Å². The Hall–Kier alpha value is -1.22. The third-order valence-corrected chi connectivity index (χ3v) is 5.49. The molecule has 0 amide bonds. The van der Waals surface area contributed by atoms with Gasteiger partial charge in [-0.3, -0.25) is 9.89 Å². The molecule has 2 unspecified atom stereocenters. The molecule has 1 aliphatic carbocycles. The van der Waals surface area contributed by atoms with Crippen LogP contribution in [0.3, 0.4) is 0 Å². The monoisotopic (exact) mass is 501 g/mol. The van der Waals surface area contributed by atoms with Crippen molar-refractivity contribution in [1.29, 1.82) is 0 Å². The van der Waals surface area contributed by atoms with Crippen molar-refractivity contribution >= 4 is 35.6 Å². The Morgan fingerprint density at radius 3 is 2.43 bits per heavy atom. The lowest BCUT2D eigenvalue weighted by molar-refractivity contribution is 0.256. The van der Waals surface area contributed by atoms with Crippen molar-refractivity contribution in [3.63, 3.8) is 0 Å². The van der Waals surface area contributed by atoms with E-state index >= 15 is 0 Å². The number of halogens is 1. The van der Waals surface area contributed by atoms with E-state index in [9.17, 15) is 0 Å². The highest BCUT2D eigenvalue weighted by molar-refractivity contribution is 14.0. The molecule has 1 heterocycles. The SMILES string of the molecule is CCNC(=NCCCN1CCN(c2ccc(OC)cc2)CC1)NC1CC1C.I. The van der Waals surface area contributed by atoms with Crippen LogP contribution >= 0.6 is 24.0 Å². The molecule has 3 rings (SSSR count). The summed E-state index contributed by atoms with van der Waals surface area (Å²) in [5.41, 5.74) is 1.29. The summed E-state index contributed by atoms with van der Waals surface area (Å²) < 4.78 is 5.24. The van der Waals surface area contributed by atoms with Crippen molar-refractivity contribution in [2.24, 2.45) is 10.9 Å². The Labute approximate surface area is 187 Å². The molecule has 2 fully saturated rings. The molecule has 0 radical (unpaired) electrons. The van der Waals surface area contributed by atoms with Gasteiger partial charge in [-0.25, -0.2) is 0 Å². The molecule has 1 aromatic rings. The van der Waals surface area contributed by atoms with Crippen LogP contribution in [0.15, 0.2) is 29.3 Å². The first-order valence-corrected chi connectivity index (χ1v) is 10.4. The van der Waals surface area contributed by atoms with Crippen LogP contribution in [0.25, 0.3) is 0 Å². The maximum absolute atomic E-state index is 5.24. The molecule has 1 saturated heterocycles. The average Bonchev–Trinajstić information content (AvgIpc) is 3.40. The molecule has 6 nitrogen and oxygen atoms in total. The number of anilines is 1. The normalized spacial score (nSPS) is 22.4. The summed E-state index contributed by atoms with van der Waals surface area (Å²) in [6.07, 6.45) is 2.38. The zero-order valence-electron chi connectivity index (χ0n) is 17.5. The summed E-state index contributed by atoms with van der Waals surface area (Å²) in [4.78, 5) is 9.75. The van der Waals surface area contributed by atoms with E-state index < -0.39 is 0 Å². The number of ether oxygens (including phenoxy) is 1. The van der Waals surface area contributed by atoms with E-state index in [2.05, 4.69) is 46.4 Å². The van der Waals surface area contributed by atoms with Gasteiger partial charge in [0.25, 0.3) is 0 Å². The molecule has 0 bridgehead atoms. The van der Waals surface area contributed by atoms with Gasteiger partial charge in [0.15, 0.2) is 5.96 Å². The number of piperazine rings is 1. The predicted octanol–water partition coefficient (Wildman–Crippen LogP) is 2.79. The largest absolute Gasteiger partial charge is 0.497 e. The molecule has 158 valence electrons. The van der Waals surface area contributed by atoms with Gasteiger partial charge in [-0.1, -0.05) is 6.92 Å². The van der Waals surface area contributed by atoms with E-state index in [0.717, 1.165) is 69.9 Å². The number of benzene rings is 1. The Morgan fingerprint density at radius 1 is 1.18 bits per heavy atom. The fourth-order valence-corrected chi connectivity index (χ4v) is 3.53. The molecular weight excluding hydrogens is 465 g/mol. The molecule has 1 saturated carbocycles. The molecule has 28 heavy (non-hydrogen) atoms. The second kappa shape index (κ2) is 11.7. The summed E-state index contributed by atoms with van der Waals surface area (Å²) in [5, 5.41) is 6.88. The van der Waals surface area contributed by atoms with Gasteiger partial charge in [0.2, 0.25) is 0 Å². The zero-order valence-corrected chi connectivity index (χ0v) is 19.8. The number of nitrogens with zero attached hydrogens (tertiary/aromatic N) is 3. The summed E-state index contributed by atoms with van der Waals surface area (Å²) in [7, 11) is 1.71. The molecule has 2 aliphatic rings. The number of hydrogen-bond acceptors (Lipinski definition) is 4. The first-order valence-electron chi connectivity index (χ1n) is 10.4. The zero-order chi connectivity index (χ0) is 19.1. The first kappa shape index (κ1) is 23.1. The minimum atomic E-state index is 0. The van der Waals surface area contributed by atoms with Crippen molar-refractivity contribution in [2.45, 2.75) is 32.7 Å². The smallest absolute Gasteiger partial charge is 0.191 e. The molecule has 0 spiro atoms. The van der Waals surface area contributed by atoms with E-state index in [4.69, 9.17) is 9.73 Å². The number of methoxy groups -OCH3 is 1. The van der Waals surface area contributed by atoms with Gasteiger partial charge in [-0.05, 0) is 49.9 Å². The molecular formula is C21H36IN5O. The van der Waals surface area contributed by atoms with Crippen molar-refractivity contribution in [2.75, 3.05) is 57.8 Å². The minimum absolute atomic E-state index is 0. The highest BCUT2D eigenvalue weighted by Crippen LogP contribution is 2.28. The van der Waals surface area contributed by atoms with Crippen LogP contribution in [0.4, 0.5) is 5.69 Å². The number of nitrogens with one attached hydrogen (secondary N) is 2. The molecule has 0 aromatic heterocycles. The molecule has 2 atom stereocenters. The van der Waals surface area contributed by atoms with Crippen LogP contribution in [0, 0.1) is 5.92 Å². The molecule has 1 aliphatic heterocycles. The van der Waals surface area contributed by atoms with Crippen molar-refractivity contribution < 1.29 is 4.74 Å². The topological polar surface area (TPSA) is 52.1 Å². The van der Waals surface area contributed by atoms with Gasteiger partial charge >= 0.3 is 0 Å². The standard InChI is InChI=1S/C21H35N5O.HI/c1-4-22-21(24-20-16-17(20)2)23-10-5-11-25-12-14-26(15-13-25)18-6-8-19(27-3)9-7-18;/h6-9,17,20H,4-5,10-16H2,1-3H3,(H2,22,23,24);1H. The lowest BCUT2D eigenvalue weighted by atomic mass is 10.2. The summed E-state index contributed by atoms with van der Waals surface area (Å²) in [6.45, 7) is 11.7. The molecule has 7 heteroatoms. The van der Waals surface area contributed by atoms with Gasteiger partial charge in [0.05, 0.1) is 7.11 Å². The van der Waals surface area contributed by atoms with E-state index in [1.54, 1.807) is 7.11 Å². The number of guanidine groups is 1. The molecule has 2 N–H and O–H groups in total. The summed E-state index contributed by atoms with van der Waals surface area (Å²) in [5.74, 6) is 2.69. The van der Waals surface area contributed by atoms with Gasteiger partial charge in [-0.15, -0.1) is 24.0 Å². The number of hydrogen-bond donors (Lipinski definition) is 2. The van der Waals surface area contributed by atoms with Crippen LogP contribution in [-0.2, 0) is 0 Å². The van der Waals surface area contributed by atoms with Gasteiger partial charge in [0.1, 0.15) is 5.75 Å². The van der Waals surface area contributed by atoms with E-state index in [-0.39, 0.29) is 24.0 Å². The number of rotatable bonds is 8. The van der Waals surface area contributed by atoms with Crippen LogP contribution in [0.2, 0.25) is 0 Å². The second-order valence-electron chi connectivity index (χ2n) is 7.60. The van der Waals surface area contributed by atoms with Crippen molar-refractivity contribution in [3.8, 4) is 5.75 Å². The maximum Gasteiger partial charge on any atom is 0.191 e. The van der Waals surface area contributed by atoms with Crippen LogP contribution < -0.4 is 20.3 Å². The van der Waals surface area contributed by atoms with Gasteiger partial charge in [-0.2, -0.15) is 0 Å². The van der Waals surface area contributed by atoms with Crippen LogP contribution in [-0.4, -0.2) is 69.8 Å². The number of aliphatic imine (C=N–C) groups is 1. The van der Waals surface area contributed by atoms with Crippen LogP contribution in [0.5, 0.6) is 5.75 Å². The van der Waals surface area contributed by atoms with E-state index in [1.165, 1.54) is 12.1 Å². The summed E-state index contributed by atoms with van der Waals surface area (Å²) >= 11 is 0. The first-order chi connectivity index (χ1) is 13.2. The predicted molar refractivity (Wildman–Crippen MR) is 128 cm³/mol. The lowest BCUT2D eigenvalue weighted by Crippen LogP contribution is -2.46. The average molecular weight is 501 g/mol. The molecule has 1 aromatic carbocycles. The van der Waals surface area contributed by atoms with Crippen molar-refractivity contribution in [3.05, 3.63) is 24.3 Å². The third kappa shape index (κ3) is 6.99.